The maximum absolute atomic E-state index is 10.6. The highest BCUT2D eigenvalue weighted by Gasteiger charge is 2.45. The third-order valence-electron chi connectivity index (χ3n) is 5.32. The van der Waals surface area contributed by atoms with Crippen molar-refractivity contribution in [2.24, 2.45) is 15.7 Å². The highest BCUT2D eigenvalue weighted by Crippen LogP contribution is 2.33. The van der Waals surface area contributed by atoms with Crippen LogP contribution in [0.4, 0.5) is 0 Å². The number of aliphatic hydroxyl groups is 1. The van der Waals surface area contributed by atoms with Crippen LogP contribution >= 0.6 is 11.3 Å². The SMILES string of the molecule is CCCC=NC(/C(C)=C/CCC)=C(N)/N=C(\C)N1CC(O)(c2nccs2)C1.Cc1ccncc1. The number of hydrogen-bond donors (Lipinski definition) is 2. The number of pyridine rings is 1. The van der Waals surface area contributed by atoms with Gasteiger partial charge in [0.05, 0.1) is 13.1 Å². The summed E-state index contributed by atoms with van der Waals surface area (Å²) in [6.07, 6.45) is 13.4. The van der Waals surface area contributed by atoms with Gasteiger partial charge in [-0.2, -0.15) is 0 Å². The number of nitrogens with two attached hydrogens (primary N) is 1. The minimum absolute atomic E-state index is 0.411. The molecule has 0 bridgehead atoms. The molecule has 0 radical (unpaired) electrons. The molecule has 0 saturated carbocycles. The van der Waals surface area contributed by atoms with Crippen molar-refractivity contribution in [1.29, 1.82) is 0 Å². The Labute approximate surface area is 207 Å². The molecule has 8 heteroatoms. The topological polar surface area (TPSA) is 100.0 Å². The first-order valence-electron chi connectivity index (χ1n) is 11.8. The highest BCUT2D eigenvalue weighted by molar-refractivity contribution is 7.09. The van der Waals surface area contributed by atoms with Gasteiger partial charge in [0.2, 0.25) is 0 Å². The van der Waals surface area contributed by atoms with Crippen molar-refractivity contribution in [3.05, 3.63) is 69.8 Å². The van der Waals surface area contributed by atoms with Crippen molar-refractivity contribution >= 4 is 23.4 Å². The number of allylic oxidation sites excluding steroid dienone is 2. The zero-order chi connectivity index (χ0) is 25.0. The molecular weight excluding hydrogens is 444 g/mol. The molecule has 0 aliphatic carbocycles. The number of aliphatic imine (C=N–C) groups is 2. The zero-order valence-electron chi connectivity index (χ0n) is 21.0. The summed E-state index contributed by atoms with van der Waals surface area (Å²) in [5, 5.41) is 13.3. The molecule has 184 valence electrons. The molecule has 0 amide bonds. The van der Waals surface area contributed by atoms with Gasteiger partial charge in [-0.15, -0.1) is 11.3 Å². The summed E-state index contributed by atoms with van der Waals surface area (Å²) < 4.78 is 0. The van der Waals surface area contributed by atoms with E-state index < -0.39 is 5.60 Å². The van der Waals surface area contributed by atoms with Crippen molar-refractivity contribution in [2.75, 3.05) is 13.1 Å². The number of nitrogens with zero attached hydrogens (tertiary/aromatic N) is 5. The smallest absolute Gasteiger partial charge is 0.151 e. The fraction of sp³-hybridized carbons (Fsp3) is 0.462. The largest absolute Gasteiger partial charge is 0.382 e. The van der Waals surface area contributed by atoms with Crippen LogP contribution in [0.1, 0.15) is 63.9 Å². The summed E-state index contributed by atoms with van der Waals surface area (Å²) in [6, 6.07) is 3.94. The average Bonchev–Trinajstić information content (AvgIpc) is 3.34. The summed E-state index contributed by atoms with van der Waals surface area (Å²) in [6.45, 7) is 11.2. The van der Waals surface area contributed by atoms with E-state index in [2.05, 4.69) is 39.9 Å². The van der Waals surface area contributed by atoms with Gasteiger partial charge in [0, 0.05) is 30.2 Å². The second-order valence-corrected chi connectivity index (χ2v) is 9.31. The number of unbranched alkanes of at least 4 members (excludes halogenated alkanes) is 2. The van der Waals surface area contributed by atoms with Crippen molar-refractivity contribution in [3.8, 4) is 0 Å². The minimum atomic E-state index is -0.886. The van der Waals surface area contributed by atoms with Crippen LogP contribution < -0.4 is 5.73 Å². The molecule has 3 rings (SSSR count). The number of β-amino-alcohol motifs (C(OH)–C–C–N with tert-alkyl or cyclic N) is 1. The fourth-order valence-corrected chi connectivity index (χ4v) is 3.96. The Balaban J connectivity index is 0.000000497. The first-order chi connectivity index (χ1) is 16.3. The number of hydrogen-bond acceptors (Lipinski definition) is 7. The Morgan fingerprint density at radius 3 is 2.38 bits per heavy atom. The maximum Gasteiger partial charge on any atom is 0.151 e. The van der Waals surface area contributed by atoms with E-state index in [0.29, 0.717) is 18.9 Å². The number of aryl methyl sites for hydroxylation is 1. The lowest BCUT2D eigenvalue weighted by Gasteiger charge is -2.46. The van der Waals surface area contributed by atoms with Gasteiger partial charge in [0.1, 0.15) is 16.5 Å². The standard InChI is InChI=1S/C20H31N5OS.C6H7N/c1-5-7-9-15(3)17(22-10-8-6-2)18(21)24-16(4)25-13-20(26,14-25)19-23-11-12-27-19;1-6-2-4-7-5-3-6/h9-12,26H,5-8,13-14,21H2,1-4H3;2-5H,1H3/b15-9+,18-17+,22-10?,24-16+;. The summed E-state index contributed by atoms with van der Waals surface area (Å²) in [4.78, 5) is 19.2. The van der Waals surface area contributed by atoms with E-state index in [1.165, 1.54) is 16.9 Å². The van der Waals surface area contributed by atoms with Crippen molar-refractivity contribution < 1.29 is 5.11 Å². The molecule has 2 aromatic rings. The van der Waals surface area contributed by atoms with Crippen LogP contribution in [0.2, 0.25) is 0 Å². The molecular formula is C26H38N6OS. The van der Waals surface area contributed by atoms with Gasteiger partial charge >= 0.3 is 0 Å². The Bertz CT molecular complexity index is 990. The van der Waals surface area contributed by atoms with E-state index >= 15 is 0 Å². The lowest BCUT2D eigenvalue weighted by Crippen LogP contribution is -2.60. The third kappa shape index (κ3) is 8.18. The molecule has 1 aliphatic rings. The summed E-state index contributed by atoms with van der Waals surface area (Å²) in [5.74, 6) is 1.19. The highest BCUT2D eigenvalue weighted by atomic mass is 32.1. The van der Waals surface area contributed by atoms with Gasteiger partial charge in [-0.1, -0.05) is 32.8 Å². The number of thiazole rings is 1. The zero-order valence-corrected chi connectivity index (χ0v) is 21.8. The average molecular weight is 483 g/mol. The van der Waals surface area contributed by atoms with E-state index in [9.17, 15) is 5.11 Å². The van der Waals surface area contributed by atoms with Gasteiger partial charge in [0.25, 0.3) is 0 Å². The number of aromatic nitrogens is 2. The molecule has 7 nitrogen and oxygen atoms in total. The first-order valence-corrected chi connectivity index (χ1v) is 12.7. The van der Waals surface area contributed by atoms with E-state index in [1.807, 2.05) is 49.4 Å². The quantitative estimate of drug-likeness (QED) is 0.306. The fourth-order valence-electron chi connectivity index (χ4n) is 3.24. The molecule has 3 heterocycles. The maximum atomic E-state index is 10.6. The van der Waals surface area contributed by atoms with Crippen LogP contribution in [-0.2, 0) is 5.60 Å². The molecule has 1 saturated heterocycles. The Morgan fingerprint density at radius 2 is 1.85 bits per heavy atom. The van der Waals surface area contributed by atoms with Crippen molar-refractivity contribution in [2.45, 2.75) is 65.9 Å². The summed E-state index contributed by atoms with van der Waals surface area (Å²) in [5.41, 5.74) is 8.43. The second-order valence-electron chi connectivity index (χ2n) is 8.42. The predicted molar refractivity (Wildman–Crippen MR) is 143 cm³/mol. The van der Waals surface area contributed by atoms with Gasteiger partial charge in [0.15, 0.2) is 11.4 Å². The summed E-state index contributed by atoms with van der Waals surface area (Å²) in [7, 11) is 0. The van der Waals surface area contributed by atoms with Gasteiger partial charge in [-0.25, -0.2) is 9.98 Å². The normalized spacial score (nSPS) is 16.6. The van der Waals surface area contributed by atoms with E-state index in [-0.39, 0.29) is 0 Å². The van der Waals surface area contributed by atoms with Gasteiger partial charge in [-0.05, 0) is 56.9 Å². The molecule has 0 unspecified atom stereocenters. The molecule has 0 spiro atoms. The monoisotopic (exact) mass is 482 g/mol. The lowest BCUT2D eigenvalue weighted by molar-refractivity contribution is -0.0720. The van der Waals surface area contributed by atoms with Crippen molar-refractivity contribution in [3.63, 3.8) is 0 Å². The van der Waals surface area contributed by atoms with Crippen LogP contribution in [0.25, 0.3) is 0 Å². The number of likely N-dealkylation sites (tertiary alicyclic amines) is 1. The van der Waals surface area contributed by atoms with Crippen LogP contribution in [0.15, 0.2) is 69.3 Å². The molecule has 1 aliphatic heterocycles. The Hall–Kier alpha value is -2.84. The van der Waals surface area contributed by atoms with Crippen LogP contribution in [0, 0.1) is 6.92 Å². The number of amidine groups is 1. The molecule has 2 aromatic heterocycles. The summed E-state index contributed by atoms with van der Waals surface area (Å²) >= 11 is 1.47. The molecule has 0 atom stereocenters. The molecule has 0 aromatic carbocycles. The van der Waals surface area contributed by atoms with E-state index in [4.69, 9.17) is 5.73 Å². The van der Waals surface area contributed by atoms with Gasteiger partial charge in [-0.3, -0.25) is 9.98 Å². The van der Waals surface area contributed by atoms with E-state index in [0.717, 1.165) is 47.8 Å². The minimum Gasteiger partial charge on any atom is -0.382 e. The first kappa shape index (κ1) is 27.4. The van der Waals surface area contributed by atoms with Crippen LogP contribution in [-0.4, -0.2) is 45.1 Å². The molecule has 1 fully saturated rings. The second kappa shape index (κ2) is 13.8. The van der Waals surface area contributed by atoms with E-state index in [1.54, 1.807) is 18.6 Å². The predicted octanol–water partition coefficient (Wildman–Crippen LogP) is 5.20. The Kier molecular flexibility index (Phi) is 11.1. The Morgan fingerprint density at radius 1 is 1.18 bits per heavy atom. The molecule has 3 N–H and O–H groups in total. The van der Waals surface area contributed by atoms with Crippen LogP contribution in [0.3, 0.4) is 0 Å². The van der Waals surface area contributed by atoms with Gasteiger partial charge < -0.3 is 15.7 Å². The van der Waals surface area contributed by atoms with Crippen molar-refractivity contribution in [1.82, 2.24) is 14.9 Å². The molecule has 34 heavy (non-hydrogen) atoms. The van der Waals surface area contributed by atoms with Crippen LogP contribution in [0.5, 0.6) is 0 Å². The lowest BCUT2D eigenvalue weighted by atomic mass is 9.95. The third-order valence-corrected chi connectivity index (χ3v) is 6.28. The number of rotatable bonds is 8.